The molecule has 2 aromatic carbocycles. The topological polar surface area (TPSA) is 102 Å². The van der Waals surface area contributed by atoms with Crippen LogP contribution in [-0.4, -0.2) is 99.8 Å². The third-order valence-electron chi connectivity index (χ3n) is 8.33. The van der Waals surface area contributed by atoms with E-state index in [0.717, 1.165) is 55.4 Å². The van der Waals surface area contributed by atoms with Gasteiger partial charge in [0.1, 0.15) is 4.90 Å². The zero-order chi connectivity index (χ0) is 30.8. The van der Waals surface area contributed by atoms with Crippen molar-refractivity contribution in [2.45, 2.75) is 43.9 Å². The zero-order valence-electron chi connectivity index (χ0n) is 24.9. The van der Waals surface area contributed by atoms with Crippen LogP contribution in [0.1, 0.15) is 36.8 Å². The number of carbonyl (C=O) groups is 2. The molecule has 9 nitrogen and oxygen atoms in total. The van der Waals surface area contributed by atoms with Crippen LogP contribution in [0.4, 0.5) is 0 Å². The predicted molar refractivity (Wildman–Crippen MR) is 171 cm³/mol. The number of nitrogens with zero attached hydrogens (tertiary/aromatic N) is 3. The molecule has 236 valence electrons. The molecule has 2 fully saturated rings. The van der Waals surface area contributed by atoms with E-state index in [4.69, 9.17) is 23.2 Å². The van der Waals surface area contributed by atoms with Crippen LogP contribution in [0.2, 0.25) is 10.0 Å². The summed E-state index contributed by atoms with van der Waals surface area (Å²) in [4.78, 5) is 30.7. The van der Waals surface area contributed by atoms with Crippen LogP contribution in [0, 0.1) is 12.8 Å². The lowest BCUT2D eigenvalue weighted by atomic mass is 9.97. The molecule has 0 radical (unpaired) electrons. The molecule has 0 aliphatic carbocycles. The molecule has 2 heterocycles. The van der Waals surface area contributed by atoms with Gasteiger partial charge in [0.2, 0.25) is 21.8 Å². The van der Waals surface area contributed by atoms with Crippen LogP contribution in [0.15, 0.2) is 47.4 Å². The molecule has 2 aliphatic heterocycles. The standard InChI is InChI=1S/C31H43Cl2N5O4S/c1-24-27(32)9-10-28(31(24)33)43(41,42)38(18-13-25-7-3-2-4-8-25)23-29(39)35-21-30(40)37(20-19-36-16-5-6-17-36)22-26-11-14-34-15-12-26/h2-4,7-10,26,34H,5-6,11-23H2,1H3,(H,35,39). The van der Waals surface area contributed by atoms with Gasteiger partial charge in [0, 0.05) is 31.2 Å². The molecule has 43 heavy (non-hydrogen) atoms. The van der Waals surface area contributed by atoms with Crippen LogP contribution in [-0.2, 0) is 26.0 Å². The second kappa shape index (κ2) is 16.2. The number of rotatable bonds is 14. The molecule has 2 aliphatic rings. The Kier molecular flexibility index (Phi) is 12.7. The molecule has 0 unspecified atom stereocenters. The molecule has 2 aromatic rings. The van der Waals surface area contributed by atoms with Crippen molar-refractivity contribution in [2.75, 3.05) is 65.4 Å². The monoisotopic (exact) mass is 651 g/mol. The van der Waals surface area contributed by atoms with E-state index >= 15 is 0 Å². The molecular weight excluding hydrogens is 609 g/mol. The maximum Gasteiger partial charge on any atom is 0.245 e. The van der Waals surface area contributed by atoms with Gasteiger partial charge in [-0.25, -0.2) is 8.42 Å². The molecule has 0 spiro atoms. The van der Waals surface area contributed by atoms with Gasteiger partial charge in [-0.3, -0.25) is 9.59 Å². The minimum Gasteiger partial charge on any atom is -0.346 e. The second-order valence-electron chi connectivity index (χ2n) is 11.4. The van der Waals surface area contributed by atoms with Gasteiger partial charge in [-0.2, -0.15) is 4.31 Å². The summed E-state index contributed by atoms with van der Waals surface area (Å²) in [5.74, 6) is -0.278. The summed E-state index contributed by atoms with van der Waals surface area (Å²) in [5.41, 5.74) is 1.38. The van der Waals surface area contributed by atoms with Crippen molar-refractivity contribution in [2.24, 2.45) is 5.92 Å². The molecule has 0 aromatic heterocycles. The molecule has 2 saturated heterocycles. The van der Waals surface area contributed by atoms with Crippen LogP contribution in [0.25, 0.3) is 0 Å². The third kappa shape index (κ3) is 9.64. The maximum absolute atomic E-state index is 13.8. The van der Waals surface area contributed by atoms with Crippen LogP contribution in [0.5, 0.6) is 0 Å². The smallest absolute Gasteiger partial charge is 0.245 e. The fourth-order valence-electron chi connectivity index (χ4n) is 5.62. The number of piperidine rings is 1. The van der Waals surface area contributed by atoms with E-state index in [1.165, 1.54) is 25.0 Å². The number of amides is 2. The van der Waals surface area contributed by atoms with Gasteiger partial charge in [0.05, 0.1) is 18.1 Å². The van der Waals surface area contributed by atoms with Gasteiger partial charge in [0.15, 0.2) is 0 Å². The fraction of sp³-hybridized carbons (Fsp3) is 0.548. The van der Waals surface area contributed by atoms with Crippen LogP contribution >= 0.6 is 23.2 Å². The van der Waals surface area contributed by atoms with Crippen molar-refractivity contribution in [3.63, 3.8) is 0 Å². The summed E-state index contributed by atoms with van der Waals surface area (Å²) >= 11 is 12.6. The maximum atomic E-state index is 13.8. The van der Waals surface area contributed by atoms with E-state index in [-0.39, 0.29) is 28.9 Å². The molecule has 12 heteroatoms. The number of sulfonamides is 1. The Balaban J connectivity index is 1.43. The van der Waals surface area contributed by atoms with Crippen molar-refractivity contribution in [1.29, 1.82) is 0 Å². The highest BCUT2D eigenvalue weighted by Crippen LogP contribution is 2.32. The van der Waals surface area contributed by atoms with E-state index in [0.29, 0.717) is 36.0 Å². The van der Waals surface area contributed by atoms with Crippen molar-refractivity contribution in [1.82, 2.24) is 24.7 Å². The molecule has 0 bridgehead atoms. The summed E-state index contributed by atoms with van der Waals surface area (Å²) in [6, 6.07) is 12.3. The minimum atomic E-state index is -4.15. The first kappa shape index (κ1) is 33.7. The average molecular weight is 653 g/mol. The van der Waals surface area contributed by atoms with Gasteiger partial charge >= 0.3 is 0 Å². The first-order chi connectivity index (χ1) is 20.6. The fourth-order valence-corrected chi connectivity index (χ4v) is 7.80. The summed E-state index contributed by atoms with van der Waals surface area (Å²) in [7, 11) is -4.15. The summed E-state index contributed by atoms with van der Waals surface area (Å²) in [5, 5.41) is 6.45. The average Bonchev–Trinajstić information content (AvgIpc) is 3.53. The van der Waals surface area contributed by atoms with Gasteiger partial charge < -0.3 is 20.4 Å². The Bertz CT molecular complexity index is 1330. The van der Waals surface area contributed by atoms with E-state index in [1.807, 2.05) is 35.2 Å². The van der Waals surface area contributed by atoms with Gasteiger partial charge in [-0.15, -0.1) is 0 Å². The highest BCUT2D eigenvalue weighted by atomic mass is 35.5. The lowest BCUT2D eigenvalue weighted by molar-refractivity contribution is -0.133. The van der Waals surface area contributed by atoms with E-state index in [9.17, 15) is 18.0 Å². The van der Waals surface area contributed by atoms with E-state index < -0.39 is 22.5 Å². The highest BCUT2D eigenvalue weighted by Gasteiger charge is 2.30. The van der Waals surface area contributed by atoms with E-state index in [2.05, 4.69) is 15.5 Å². The Labute approximate surface area is 265 Å². The highest BCUT2D eigenvalue weighted by molar-refractivity contribution is 7.89. The predicted octanol–water partition coefficient (Wildman–Crippen LogP) is 3.58. The summed E-state index contributed by atoms with van der Waals surface area (Å²) in [6.07, 6.45) is 4.80. The second-order valence-corrected chi connectivity index (χ2v) is 14.1. The van der Waals surface area contributed by atoms with Crippen LogP contribution in [0.3, 0.4) is 0 Å². The van der Waals surface area contributed by atoms with Crippen molar-refractivity contribution in [3.05, 3.63) is 63.6 Å². The number of halogens is 2. The number of benzene rings is 2. The lowest BCUT2D eigenvalue weighted by Gasteiger charge is -2.31. The first-order valence-electron chi connectivity index (χ1n) is 15.1. The largest absolute Gasteiger partial charge is 0.346 e. The lowest BCUT2D eigenvalue weighted by Crippen LogP contribution is -2.48. The molecular formula is C31H43Cl2N5O4S. The Morgan fingerprint density at radius 3 is 2.42 bits per heavy atom. The molecule has 4 rings (SSSR count). The van der Waals surface area contributed by atoms with E-state index in [1.54, 1.807) is 6.92 Å². The SMILES string of the molecule is Cc1c(Cl)ccc(S(=O)(=O)N(CCc2ccccc2)CC(=O)NCC(=O)N(CCN2CCCC2)CC2CCNCC2)c1Cl. The normalized spacial score (nSPS) is 16.5. The summed E-state index contributed by atoms with van der Waals surface area (Å²) in [6.45, 7) is 7.17. The van der Waals surface area contributed by atoms with Crippen LogP contribution < -0.4 is 10.6 Å². The molecule has 0 atom stereocenters. The van der Waals surface area contributed by atoms with Crippen molar-refractivity contribution < 1.29 is 18.0 Å². The molecule has 2 N–H and O–H groups in total. The van der Waals surface area contributed by atoms with Crippen molar-refractivity contribution in [3.8, 4) is 0 Å². The number of hydrogen-bond acceptors (Lipinski definition) is 6. The third-order valence-corrected chi connectivity index (χ3v) is 11.2. The van der Waals surface area contributed by atoms with Gasteiger partial charge in [-0.05, 0) is 94.4 Å². The number of nitrogens with one attached hydrogen (secondary N) is 2. The Morgan fingerprint density at radius 2 is 1.72 bits per heavy atom. The minimum absolute atomic E-state index is 0.0272. The Morgan fingerprint density at radius 1 is 1.02 bits per heavy atom. The molecule has 0 saturated carbocycles. The van der Waals surface area contributed by atoms with Gasteiger partial charge in [-0.1, -0.05) is 53.5 Å². The van der Waals surface area contributed by atoms with Gasteiger partial charge in [0.25, 0.3) is 0 Å². The quantitative estimate of drug-likeness (QED) is 0.324. The molecule has 2 amide bonds. The van der Waals surface area contributed by atoms with Crippen molar-refractivity contribution >= 4 is 45.0 Å². The zero-order valence-corrected chi connectivity index (χ0v) is 27.2. The first-order valence-corrected chi connectivity index (χ1v) is 17.3. The number of carbonyl (C=O) groups excluding carboxylic acids is 2. The summed E-state index contributed by atoms with van der Waals surface area (Å²) < 4.78 is 28.7. The number of likely N-dealkylation sites (tertiary alicyclic amines) is 1. The Hall–Kier alpha value is -2.21. The number of hydrogen-bond donors (Lipinski definition) is 2.